The molecule has 0 saturated heterocycles. The normalized spacial score (nSPS) is 12.8. The predicted octanol–water partition coefficient (Wildman–Crippen LogP) is 13.1. The van der Waals surface area contributed by atoms with Crippen LogP contribution in [0, 0.1) is 6.92 Å². The molecule has 1 aromatic carbocycles. The van der Waals surface area contributed by atoms with Crippen LogP contribution in [0.25, 0.3) is 20.2 Å². The third-order valence-electron chi connectivity index (χ3n) is 9.11. The number of rotatable bonds is 21. The molecule has 0 radical (unpaired) electrons. The molecule has 0 unspecified atom stereocenters. The Morgan fingerprint density at radius 3 is 1.22 bits per heavy atom. The summed E-state index contributed by atoms with van der Waals surface area (Å²) in [5.41, 5.74) is 3.29. The average Bonchev–Trinajstić information content (AvgIpc) is 3.55. The molecule has 0 aliphatic rings. The number of hydrogen-bond donors (Lipinski definition) is 0. The molecule has 2 heterocycles. The maximum atomic E-state index is 2.66. The van der Waals surface area contributed by atoms with Crippen LogP contribution >= 0.6 is 22.7 Å². The van der Waals surface area contributed by atoms with E-state index in [0.717, 1.165) is 0 Å². The summed E-state index contributed by atoms with van der Waals surface area (Å²) >= 11 is 0.142. The molecule has 0 spiro atoms. The van der Waals surface area contributed by atoms with E-state index in [1.54, 1.807) is 37.1 Å². The Morgan fingerprint density at radius 1 is 0.488 bits per heavy atom. The Kier molecular flexibility index (Phi) is 15.9. The van der Waals surface area contributed by atoms with E-state index < -0.39 is 36.8 Å². The van der Waals surface area contributed by atoms with Crippen LogP contribution in [0.5, 0.6) is 0 Å². The minimum absolute atomic E-state index is 1.27. The molecule has 0 N–H and O–H groups in total. The van der Waals surface area contributed by atoms with Gasteiger partial charge in [-0.05, 0) is 0 Å². The number of fused-ring (bicyclic) bond motifs is 3. The van der Waals surface area contributed by atoms with Crippen molar-refractivity contribution in [2.24, 2.45) is 0 Å². The molecule has 3 rings (SSSR count). The van der Waals surface area contributed by atoms with Crippen molar-refractivity contribution in [3.05, 3.63) is 23.3 Å². The van der Waals surface area contributed by atoms with Crippen LogP contribution in [0.3, 0.4) is 0 Å². The minimum atomic E-state index is -2.10. The molecule has 3 aromatic rings. The van der Waals surface area contributed by atoms with Crippen molar-refractivity contribution in [2.75, 3.05) is 0 Å². The van der Waals surface area contributed by atoms with E-state index in [9.17, 15) is 0 Å². The van der Waals surface area contributed by atoms with Gasteiger partial charge in [0.2, 0.25) is 0 Å². The van der Waals surface area contributed by atoms with Crippen molar-refractivity contribution in [1.82, 2.24) is 0 Å². The summed E-state index contributed by atoms with van der Waals surface area (Å²) in [5, 5.41) is 3.23. The third-order valence-corrected chi connectivity index (χ3v) is 30.4. The van der Waals surface area contributed by atoms with E-state index in [0.29, 0.717) is 0 Å². The summed E-state index contributed by atoms with van der Waals surface area (Å²) in [6, 6.07) is 5.29. The van der Waals surface area contributed by atoms with Gasteiger partial charge < -0.3 is 0 Å². The number of benzene rings is 1. The van der Waals surface area contributed by atoms with Crippen molar-refractivity contribution in [1.29, 1.82) is 0 Å². The second-order valence-corrected chi connectivity index (χ2v) is 48.0. The van der Waals surface area contributed by atoms with Crippen LogP contribution in [-0.2, 0) is 6.42 Å². The molecular formula is C37H64S2Sn2. The van der Waals surface area contributed by atoms with Gasteiger partial charge in [-0.3, -0.25) is 0 Å². The van der Waals surface area contributed by atoms with Gasteiger partial charge in [0.1, 0.15) is 0 Å². The Hall–Kier alpha value is 0.737. The van der Waals surface area contributed by atoms with Crippen LogP contribution in [0.2, 0.25) is 29.6 Å². The molecule has 0 aliphatic heterocycles. The Labute approximate surface area is 271 Å². The molecule has 0 fully saturated rings. The summed E-state index contributed by atoms with van der Waals surface area (Å²) in [7, 11) is 0. The molecule has 0 amide bonds. The van der Waals surface area contributed by atoms with E-state index in [-0.39, 0.29) is 0 Å². The number of hydrogen-bond acceptors (Lipinski definition) is 2. The fourth-order valence-corrected chi connectivity index (χ4v) is 19.2. The summed E-state index contributed by atoms with van der Waals surface area (Å²) in [6.07, 6.45) is 27.4. The van der Waals surface area contributed by atoms with Gasteiger partial charge in [-0.1, -0.05) is 77.6 Å². The van der Waals surface area contributed by atoms with Gasteiger partial charge in [0.25, 0.3) is 0 Å². The van der Waals surface area contributed by atoms with Gasteiger partial charge in [0, 0.05) is 0 Å². The zero-order valence-corrected chi connectivity index (χ0v) is 35.7. The van der Waals surface area contributed by atoms with Gasteiger partial charge in [-0.15, -0.1) is 0 Å². The molecule has 0 aliphatic carbocycles. The van der Waals surface area contributed by atoms with Crippen molar-refractivity contribution in [2.45, 2.75) is 165 Å². The third kappa shape index (κ3) is 11.6. The molecule has 0 bridgehead atoms. The molecular weight excluding hydrogens is 746 g/mol. The molecule has 0 atom stereocenters. The summed E-state index contributed by atoms with van der Waals surface area (Å²) < 4.78 is 6.76. The molecule has 0 saturated carbocycles. The van der Waals surface area contributed by atoms with E-state index >= 15 is 0 Å². The van der Waals surface area contributed by atoms with Gasteiger partial charge >= 0.3 is 197 Å². The number of aryl methyl sites for hydroxylation is 2. The SMILES string of the molecule is CCCCCCCCCCCCCCCCCCCCc1c(C)c2c[c]([Sn]([CH3])([CH3])[CH3])sc2c2s[c]([Sn]([CH3])([CH3])[CH3])cc12. The summed E-state index contributed by atoms with van der Waals surface area (Å²) in [5.74, 6) is 0. The van der Waals surface area contributed by atoms with Gasteiger partial charge in [-0.25, -0.2) is 0 Å². The van der Waals surface area contributed by atoms with E-state index in [1.165, 1.54) is 122 Å². The molecule has 41 heavy (non-hydrogen) atoms. The first kappa shape index (κ1) is 36.2. The Balaban J connectivity index is 1.39. The van der Waals surface area contributed by atoms with Crippen LogP contribution < -0.4 is 5.79 Å². The Morgan fingerprint density at radius 2 is 0.829 bits per heavy atom. The summed E-state index contributed by atoms with van der Waals surface area (Å²) in [6.45, 7) is 4.75. The van der Waals surface area contributed by atoms with Gasteiger partial charge in [0.15, 0.2) is 0 Å². The molecule has 4 heteroatoms. The zero-order chi connectivity index (χ0) is 29.9. The quantitative estimate of drug-likeness (QED) is 0.0743. The van der Waals surface area contributed by atoms with Crippen molar-refractivity contribution in [3.63, 3.8) is 0 Å². The monoisotopic (exact) mass is 812 g/mol. The van der Waals surface area contributed by atoms with Crippen molar-refractivity contribution < 1.29 is 0 Å². The first-order valence-corrected chi connectivity index (χ1v) is 39.1. The topological polar surface area (TPSA) is 0 Å². The molecule has 232 valence electrons. The fourth-order valence-electron chi connectivity index (χ4n) is 6.25. The van der Waals surface area contributed by atoms with E-state index in [1.807, 2.05) is 0 Å². The molecule has 2 aromatic heterocycles. The first-order chi connectivity index (χ1) is 19.5. The van der Waals surface area contributed by atoms with Crippen molar-refractivity contribution in [3.8, 4) is 0 Å². The van der Waals surface area contributed by atoms with Gasteiger partial charge in [0.05, 0.1) is 0 Å². The number of thiophene rings is 2. The molecule has 0 nitrogen and oxygen atoms in total. The Bertz CT molecular complexity index is 1170. The second-order valence-electron chi connectivity index (χ2n) is 15.1. The van der Waals surface area contributed by atoms with Crippen LogP contribution in [0.4, 0.5) is 0 Å². The zero-order valence-electron chi connectivity index (χ0n) is 28.4. The van der Waals surface area contributed by atoms with Gasteiger partial charge in [-0.2, -0.15) is 0 Å². The maximum absolute atomic E-state index is 2.66. The van der Waals surface area contributed by atoms with Crippen LogP contribution in [-0.4, -0.2) is 36.8 Å². The van der Waals surface area contributed by atoms with Crippen LogP contribution in [0.1, 0.15) is 134 Å². The standard InChI is InChI=1S/C31H46S2.6CH3.2Sn/c1-3-4-5-6-7-8-9-10-11-12-13-14-15-16-17-18-19-20-21-27-26(2)28-22-24-32-30(28)31-29(27)23-25-33-31;;;;;;;;/h22-23H,3-21H2,1-2H3;6*1H3;;. The van der Waals surface area contributed by atoms with Crippen molar-refractivity contribution >= 4 is 85.4 Å². The average molecular weight is 810 g/mol. The predicted molar refractivity (Wildman–Crippen MR) is 200 cm³/mol. The van der Waals surface area contributed by atoms with E-state index in [2.05, 4.69) is 78.3 Å². The van der Waals surface area contributed by atoms with Crippen LogP contribution in [0.15, 0.2) is 12.1 Å². The second kappa shape index (κ2) is 18.0. The summed E-state index contributed by atoms with van der Waals surface area (Å²) in [4.78, 5) is 15.5. The number of unbranched alkanes of at least 4 members (excludes halogenated alkanes) is 17. The fraction of sp³-hybridized carbons (Fsp3) is 0.730. The van der Waals surface area contributed by atoms with E-state index in [4.69, 9.17) is 0 Å². The first-order valence-electron chi connectivity index (χ1n) is 17.5.